The van der Waals surface area contributed by atoms with Crippen LogP contribution >= 0.6 is 0 Å². The fourth-order valence-electron chi connectivity index (χ4n) is 7.06. The maximum atomic E-state index is 14.8. The standard InChI is InChI=1S/C46H54FN7O8/c1-28(2)20-38(48-4)46(60)54(5)39(23-31-14-10-7-11-15-31)44(58)51-33(22-30-12-8-6-9-13-30)27-61-40-26-50-36-17-16-32(47)24-35(36)42(40)45(59)52-37(25-41(55)56)43(57)49-19-18-34-21-29(3)53-62-34/h6-17,21,24,26,28,33,37-39,48H,18-20,22-23,25,27H2,1-5H3,(H,49,57)(H,51,58)(H,52,59)(H,55,56). The van der Waals surface area contributed by atoms with E-state index in [2.05, 4.69) is 31.4 Å². The summed E-state index contributed by atoms with van der Waals surface area (Å²) in [5, 5.41) is 24.9. The highest BCUT2D eigenvalue weighted by Crippen LogP contribution is 2.28. The van der Waals surface area contributed by atoms with Gasteiger partial charge in [0.25, 0.3) is 5.91 Å². The van der Waals surface area contributed by atoms with E-state index in [1.54, 1.807) is 27.1 Å². The number of carboxylic acids is 1. The normalized spacial score (nSPS) is 13.1. The minimum Gasteiger partial charge on any atom is -0.489 e. The number of nitrogens with one attached hydrogen (secondary N) is 4. The second-order valence-corrected chi connectivity index (χ2v) is 15.6. The zero-order valence-electron chi connectivity index (χ0n) is 35.5. The molecule has 5 N–H and O–H groups in total. The van der Waals surface area contributed by atoms with Crippen LogP contribution in [-0.4, -0.2) is 101 Å². The number of amides is 4. The predicted octanol–water partition coefficient (Wildman–Crippen LogP) is 4.41. The third kappa shape index (κ3) is 13.2. The highest BCUT2D eigenvalue weighted by Gasteiger charge is 2.33. The van der Waals surface area contributed by atoms with Crippen molar-refractivity contribution in [2.45, 2.75) is 77.0 Å². The Hall–Kier alpha value is -6.68. The summed E-state index contributed by atoms with van der Waals surface area (Å²) < 4.78 is 26.3. The zero-order valence-corrected chi connectivity index (χ0v) is 35.5. The SMILES string of the molecule is CNC(CC(C)C)C(=O)N(C)C(Cc1ccccc1)C(=O)NC(COc1cnc2ccc(F)cc2c1C(=O)NC(CC(=O)O)C(=O)NCCc1cc(C)no1)Cc1ccccc1. The molecule has 0 saturated heterocycles. The monoisotopic (exact) mass is 851 g/mol. The molecule has 2 heterocycles. The van der Waals surface area contributed by atoms with Crippen LogP contribution in [0.3, 0.4) is 0 Å². The lowest BCUT2D eigenvalue weighted by molar-refractivity contribution is -0.141. The number of hydrogen-bond donors (Lipinski definition) is 5. The molecule has 0 saturated carbocycles. The van der Waals surface area contributed by atoms with Gasteiger partial charge in [0.1, 0.15) is 30.3 Å². The molecule has 5 rings (SSSR count). The summed E-state index contributed by atoms with van der Waals surface area (Å²) in [6.07, 6.45) is 1.85. The van der Waals surface area contributed by atoms with Crippen molar-refractivity contribution in [2.75, 3.05) is 27.2 Å². The van der Waals surface area contributed by atoms with Crippen molar-refractivity contribution in [1.82, 2.24) is 36.3 Å². The zero-order chi connectivity index (χ0) is 44.8. The Labute approximate surface area is 359 Å². The molecule has 0 aliphatic carbocycles. The van der Waals surface area contributed by atoms with Crippen LogP contribution in [0.1, 0.15) is 59.6 Å². The first kappa shape index (κ1) is 46.4. The Bertz CT molecular complexity index is 2310. The number of carbonyl (C=O) groups excluding carboxylic acids is 4. The summed E-state index contributed by atoms with van der Waals surface area (Å²) in [6.45, 7) is 5.64. The molecule has 62 heavy (non-hydrogen) atoms. The third-order valence-corrected chi connectivity index (χ3v) is 10.2. The van der Waals surface area contributed by atoms with Crippen molar-refractivity contribution < 1.29 is 42.7 Å². The second kappa shape index (κ2) is 22.2. The lowest BCUT2D eigenvalue weighted by Gasteiger charge is -2.32. The number of benzene rings is 3. The van der Waals surface area contributed by atoms with E-state index >= 15 is 0 Å². The van der Waals surface area contributed by atoms with E-state index in [0.29, 0.717) is 17.9 Å². The van der Waals surface area contributed by atoms with Crippen molar-refractivity contribution in [3.05, 3.63) is 125 Å². The number of aryl methyl sites for hydroxylation is 1. The van der Waals surface area contributed by atoms with Gasteiger partial charge in [-0.1, -0.05) is 79.7 Å². The van der Waals surface area contributed by atoms with E-state index in [4.69, 9.17) is 9.26 Å². The Kier molecular flexibility index (Phi) is 16.6. The van der Waals surface area contributed by atoms with Gasteiger partial charge in [-0.25, -0.2) is 4.39 Å². The van der Waals surface area contributed by atoms with E-state index in [-0.39, 0.29) is 66.5 Å². The number of likely N-dealkylation sites (N-methyl/N-ethyl adjacent to an activating group) is 2. The van der Waals surface area contributed by atoms with E-state index in [0.717, 1.165) is 17.2 Å². The molecule has 16 heteroatoms. The van der Waals surface area contributed by atoms with Crippen molar-refractivity contribution in [3.63, 3.8) is 0 Å². The summed E-state index contributed by atoms with van der Waals surface area (Å²) in [6, 6.07) is 20.4. The number of ether oxygens (including phenoxy) is 1. The first-order valence-corrected chi connectivity index (χ1v) is 20.5. The van der Waals surface area contributed by atoms with Crippen LogP contribution < -0.4 is 26.0 Å². The molecule has 15 nitrogen and oxygen atoms in total. The molecule has 0 aliphatic heterocycles. The van der Waals surface area contributed by atoms with Gasteiger partial charge in [-0.05, 0) is 62.1 Å². The number of rotatable bonds is 22. The van der Waals surface area contributed by atoms with Crippen molar-refractivity contribution in [3.8, 4) is 5.75 Å². The second-order valence-electron chi connectivity index (χ2n) is 15.6. The maximum absolute atomic E-state index is 14.8. The minimum atomic E-state index is -1.53. The minimum absolute atomic E-state index is 0.0439. The molecule has 3 aromatic carbocycles. The molecule has 4 amide bonds. The van der Waals surface area contributed by atoms with Crippen molar-refractivity contribution in [2.24, 2.45) is 5.92 Å². The van der Waals surface area contributed by atoms with Gasteiger partial charge in [0.05, 0.1) is 41.5 Å². The molecule has 328 valence electrons. The Morgan fingerprint density at radius 1 is 0.887 bits per heavy atom. The van der Waals surface area contributed by atoms with E-state index in [1.807, 2.05) is 74.5 Å². The molecule has 5 aromatic rings. The van der Waals surface area contributed by atoms with Crippen LogP contribution in [0.15, 0.2) is 95.6 Å². The molecule has 4 atom stereocenters. The molecular formula is C46H54FN7O8. The summed E-state index contributed by atoms with van der Waals surface area (Å²) in [5.41, 5.74) is 2.39. The number of aromatic nitrogens is 2. The Morgan fingerprint density at radius 2 is 1.56 bits per heavy atom. The molecule has 2 aromatic heterocycles. The number of hydrogen-bond acceptors (Lipinski definition) is 10. The van der Waals surface area contributed by atoms with Crippen LogP contribution in [0.2, 0.25) is 0 Å². The molecule has 0 spiro atoms. The van der Waals surface area contributed by atoms with Gasteiger partial charge in [0, 0.05) is 37.9 Å². The van der Waals surface area contributed by atoms with Crippen LogP contribution in [0, 0.1) is 18.7 Å². The average molecular weight is 852 g/mol. The molecular weight excluding hydrogens is 798 g/mol. The summed E-state index contributed by atoms with van der Waals surface area (Å²) >= 11 is 0. The summed E-state index contributed by atoms with van der Waals surface area (Å²) in [7, 11) is 3.33. The largest absolute Gasteiger partial charge is 0.489 e. The predicted molar refractivity (Wildman–Crippen MR) is 230 cm³/mol. The molecule has 4 unspecified atom stereocenters. The quantitative estimate of drug-likeness (QED) is 0.0660. The van der Waals surface area contributed by atoms with E-state index < -0.39 is 60.1 Å². The smallest absolute Gasteiger partial charge is 0.305 e. The van der Waals surface area contributed by atoms with Gasteiger partial charge in [0.15, 0.2) is 5.75 Å². The first-order chi connectivity index (χ1) is 29.7. The Balaban J connectivity index is 1.43. The number of carboxylic acid groups (broad SMARTS) is 1. The molecule has 0 aliphatic rings. The maximum Gasteiger partial charge on any atom is 0.305 e. The lowest BCUT2D eigenvalue weighted by Crippen LogP contribution is -2.56. The van der Waals surface area contributed by atoms with Gasteiger partial charge in [0.2, 0.25) is 17.7 Å². The number of aliphatic carboxylic acids is 1. The molecule has 0 fully saturated rings. The lowest BCUT2D eigenvalue weighted by atomic mass is 9.99. The van der Waals surface area contributed by atoms with Gasteiger partial charge in [-0.2, -0.15) is 0 Å². The third-order valence-electron chi connectivity index (χ3n) is 10.2. The highest BCUT2D eigenvalue weighted by molar-refractivity contribution is 6.09. The topological polar surface area (TPSA) is 205 Å². The summed E-state index contributed by atoms with van der Waals surface area (Å²) in [5.74, 6) is -3.78. The summed E-state index contributed by atoms with van der Waals surface area (Å²) in [4.78, 5) is 73.6. The molecule has 0 bridgehead atoms. The van der Waals surface area contributed by atoms with Crippen LogP contribution in [-0.2, 0) is 38.4 Å². The highest BCUT2D eigenvalue weighted by atomic mass is 19.1. The van der Waals surface area contributed by atoms with Crippen molar-refractivity contribution >= 4 is 40.5 Å². The molecule has 0 radical (unpaired) electrons. The van der Waals surface area contributed by atoms with Crippen LogP contribution in [0.25, 0.3) is 10.9 Å². The van der Waals surface area contributed by atoms with Gasteiger partial charge < -0.3 is 40.5 Å². The van der Waals surface area contributed by atoms with Gasteiger partial charge in [-0.15, -0.1) is 0 Å². The number of nitrogens with zero attached hydrogens (tertiary/aromatic N) is 3. The fourth-order valence-corrected chi connectivity index (χ4v) is 7.06. The number of fused-ring (bicyclic) bond motifs is 1. The van der Waals surface area contributed by atoms with Gasteiger partial charge >= 0.3 is 5.97 Å². The van der Waals surface area contributed by atoms with Gasteiger partial charge in [-0.3, -0.25) is 29.0 Å². The first-order valence-electron chi connectivity index (χ1n) is 20.5. The van der Waals surface area contributed by atoms with Crippen LogP contribution in [0.4, 0.5) is 4.39 Å². The van der Waals surface area contributed by atoms with E-state index in [9.17, 15) is 33.5 Å². The average Bonchev–Trinajstić information content (AvgIpc) is 3.67. The van der Waals surface area contributed by atoms with E-state index in [1.165, 1.54) is 23.2 Å². The number of carbonyl (C=O) groups is 5. The van der Waals surface area contributed by atoms with Crippen molar-refractivity contribution in [1.29, 1.82) is 0 Å². The number of halogens is 1. The van der Waals surface area contributed by atoms with Crippen LogP contribution in [0.5, 0.6) is 5.75 Å². The fraction of sp³-hybridized carbons (Fsp3) is 0.370. The Morgan fingerprint density at radius 3 is 2.18 bits per heavy atom. The number of pyridine rings is 1.